The summed E-state index contributed by atoms with van der Waals surface area (Å²) in [5.41, 5.74) is 0.346. The van der Waals surface area contributed by atoms with Gasteiger partial charge in [-0.25, -0.2) is 8.42 Å². The highest BCUT2D eigenvalue weighted by molar-refractivity contribution is 8.15. The average molecular weight is 352 g/mol. The number of hydrogen-bond donors (Lipinski definition) is 1. The van der Waals surface area contributed by atoms with Crippen molar-refractivity contribution in [1.82, 2.24) is 5.32 Å². The molecule has 0 aromatic carbocycles. The van der Waals surface area contributed by atoms with Crippen LogP contribution in [-0.4, -0.2) is 20.9 Å². The molecule has 0 saturated carbocycles. The standard InChI is InChI=1S/C14H22ClNO3S2/c1-11(2)7-5-3-4-6-8-16-14(17)12-9-13(20-10-12)21(15,18)19/h9-11H,3-8H2,1-2H3,(H,16,17). The summed E-state index contributed by atoms with van der Waals surface area (Å²) >= 11 is 0.957. The second kappa shape index (κ2) is 8.76. The fourth-order valence-corrected chi connectivity index (χ4v) is 3.84. The van der Waals surface area contributed by atoms with Crippen LogP contribution in [0, 0.1) is 5.92 Å². The van der Waals surface area contributed by atoms with Crippen molar-refractivity contribution < 1.29 is 13.2 Å². The number of carbonyl (C=O) groups is 1. The van der Waals surface area contributed by atoms with E-state index in [1.807, 2.05) is 0 Å². The summed E-state index contributed by atoms with van der Waals surface area (Å²) in [5, 5.41) is 4.30. The van der Waals surface area contributed by atoms with Crippen molar-refractivity contribution in [3.05, 3.63) is 17.0 Å². The molecule has 0 aliphatic carbocycles. The molecule has 1 amide bonds. The number of rotatable bonds is 9. The highest BCUT2D eigenvalue weighted by Crippen LogP contribution is 2.23. The minimum Gasteiger partial charge on any atom is -0.352 e. The van der Waals surface area contributed by atoms with Gasteiger partial charge in [-0.3, -0.25) is 4.79 Å². The van der Waals surface area contributed by atoms with Crippen molar-refractivity contribution in [2.75, 3.05) is 6.54 Å². The third-order valence-electron chi connectivity index (χ3n) is 3.07. The van der Waals surface area contributed by atoms with Crippen LogP contribution in [0.3, 0.4) is 0 Å². The van der Waals surface area contributed by atoms with Gasteiger partial charge >= 0.3 is 0 Å². The van der Waals surface area contributed by atoms with Gasteiger partial charge in [-0.15, -0.1) is 11.3 Å². The predicted octanol–water partition coefficient (Wildman–Crippen LogP) is 4.01. The molecule has 0 radical (unpaired) electrons. The summed E-state index contributed by atoms with van der Waals surface area (Å²) in [6, 6.07) is 1.31. The lowest BCUT2D eigenvalue weighted by molar-refractivity contribution is 0.0953. The maximum atomic E-state index is 11.8. The fraction of sp³-hybridized carbons (Fsp3) is 0.643. The Bertz CT molecular complexity index is 552. The van der Waals surface area contributed by atoms with E-state index < -0.39 is 9.05 Å². The molecule has 0 bridgehead atoms. The normalized spacial score (nSPS) is 11.8. The monoisotopic (exact) mass is 351 g/mol. The Morgan fingerprint density at radius 2 is 1.95 bits per heavy atom. The number of halogens is 1. The molecule has 21 heavy (non-hydrogen) atoms. The van der Waals surface area contributed by atoms with Crippen LogP contribution >= 0.6 is 22.0 Å². The van der Waals surface area contributed by atoms with E-state index in [0.29, 0.717) is 12.1 Å². The highest BCUT2D eigenvalue weighted by Gasteiger charge is 2.16. The van der Waals surface area contributed by atoms with Crippen molar-refractivity contribution in [3.8, 4) is 0 Å². The topological polar surface area (TPSA) is 63.2 Å². The molecule has 7 heteroatoms. The second-order valence-electron chi connectivity index (χ2n) is 5.44. The van der Waals surface area contributed by atoms with Gasteiger partial charge in [0.1, 0.15) is 4.21 Å². The molecule has 0 aliphatic rings. The first-order chi connectivity index (χ1) is 9.80. The minimum absolute atomic E-state index is 0.00278. The van der Waals surface area contributed by atoms with Gasteiger partial charge < -0.3 is 5.32 Å². The van der Waals surface area contributed by atoms with E-state index in [1.165, 1.54) is 30.7 Å². The van der Waals surface area contributed by atoms with Gasteiger partial charge in [0.15, 0.2) is 0 Å². The molecular formula is C14H22ClNO3S2. The maximum absolute atomic E-state index is 11.8. The number of nitrogens with one attached hydrogen (secondary N) is 1. The van der Waals surface area contributed by atoms with E-state index in [2.05, 4.69) is 19.2 Å². The van der Waals surface area contributed by atoms with Crippen LogP contribution in [-0.2, 0) is 9.05 Å². The van der Waals surface area contributed by atoms with E-state index in [0.717, 1.165) is 30.1 Å². The number of amides is 1. The molecule has 1 heterocycles. The molecule has 0 unspecified atom stereocenters. The second-order valence-corrected chi connectivity index (χ2v) is 9.15. The molecule has 0 fully saturated rings. The first-order valence-electron chi connectivity index (χ1n) is 7.12. The Hall–Kier alpha value is -0.590. The van der Waals surface area contributed by atoms with Crippen LogP contribution in [0.5, 0.6) is 0 Å². The first kappa shape index (κ1) is 18.5. The van der Waals surface area contributed by atoms with Crippen LogP contribution in [0.1, 0.15) is 56.3 Å². The molecule has 0 atom stereocenters. The molecule has 4 nitrogen and oxygen atoms in total. The van der Waals surface area contributed by atoms with Crippen LogP contribution in [0.4, 0.5) is 0 Å². The summed E-state index contributed by atoms with van der Waals surface area (Å²) in [5.74, 6) is 0.496. The Morgan fingerprint density at radius 3 is 2.52 bits per heavy atom. The lowest BCUT2D eigenvalue weighted by Gasteiger charge is -2.05. The van der Waals surface area contributed by atoms with Gasteiger partial charge in [0, 0.05) is 22.6 Å². The summed E-state index contributed by atoms with van der Waals surface area (Å²) in [7, 11) is 1.48. The Morgan fingerprint density at radius 1 is 1.29 bits per heavy atom. The predicted molar refractivity (Wildman–Crippen MR) is 87.6 cm³/mol. The Kier molecular flexibility index (Phi) is 7.70. The number of thiophene rings is 1. The van der Waals surface area contributed by atoms with Gasteiger partial charge in [-0.05, 0) is 18.4 Å². The first-order valence-corrected chi connectivity index (χ1v) is 10.3. The molecule has 1 N–H and O–H groups in total. The Labute approximate surface area is 135 Å². The van der Waals surface area contributed by atoms with Crippen LogP contribution in [0.25, 0.3) is 0 Å². The summed E-state index contributed by atoms with van der Waals surface area (Å²) < 4.78 is 22.2. The van der Waals surface area contributed by atoms with E-state index in [4.69, 9.17) is 10.7 Å². The number of hydrogen-bond acceptors (Lipinski definition) is 4. The maximum Gasteiger partial charge on any atom is 0.270 e. The van der Waals surface area contributed by atoms with Gasteiger partial charge in [-0.2, -0.15) is 0 Å². The summed E-state index contributed by atoms with van der Waals surface area (Å²) in [4.78, 5) is 11.8. The molecule has 1 aromatic rings. The van der Waals surface area contributed by atoms with Crippen molar-refractivity contribution in [3.63, 3.8) is 0 Å². The SMILES string of the molecule is CC(C)CCCCCCNC(=O)c1csc(S(=O)(=O)Cl)c1. The number of unbranched alkanes of at least 4 members (excludes halogenated alkanes) is 3. The zero-order valence-electron chi connectivity index (χ0n) is 12.4. The van der Waals surface area contributed by atoms with Crippen molar-refractivity contribution >= 4 is 37.0 Å². The summed E-state index contributed by atoms with van der Waals surface area (Å²) in [6.45, 7) is 5.05. The lowest BCUT2D eigenvalue weighted by atomic mass is 10.0. The van der Waals surface area contributed by atoms with Crippen LogP contribution in [0.15, 0.2) is 15.7 Å². The van der Waals surface area contributed by atoms with E-state index in [1.54, 1.807) is 0 Å². The van der Waals surface area contributed by atoms with E-state index in [9.17, 15) is 13.2 Å². The number of carbonyl (C=O) groups excluding carboxylic acids is 1. The molecule has 1 rings (SSSR count). The van der Waals surface area contributed by atoms with E-state index >= 15 is 0 Å². The van der Waals surface area contributed by atoms with Crippen molar-refractivity contribution in [2.45, 2.75) is 50.2 Å². The van der Waals surface area contributed by atoms with Crippen LogP contribution in [0.2, 0.25) is 0 Å². The van der Waals surface area contributed by atoms with Crippen molar-refractivity contribution in [2.24, 2.45) is 5.92 Å². The third kappa shape index (κ3) is 7.29. The van der Waals surface area contributed by atoms with Crippen molar-refractivity contribution in [1.29, 1.82) is 0 Å². The molecule has 0 saturated heterocycles. The van der Waals surface area contributed by atoms with Gasteiger partial charge in [0.05, 0.1) is 5.56 Å². The zero-order valence-corrected chi connectivity index (χ0v) is 14.8. The fourth-order valence-electron chi connectivity index (χ4n) is 1.90. The smallest absolute Gasteiger partial charge is 0.270 e. The van der Waals surface area contributed by atoms with Gasteiger partial charge in [-0.1, -0.05) is 39.5 Å². The molecular weight excluding hydrogens is 330 g/mol. The lowest BCUT2D eigenvalue weighted by Crippen LogP contribution is -2.23. The largest absolute Gasteiger partial charge is 0.352 e. The van der Waals surface area contributed by atoms with Gasteiger partial charge in [0.2, 0.25) is 0 Å². The summed E-state index contributed by atoms with van der Waals surface area (Å²) in [6.07, 6.45) is 5.69. The van der Waals surface area contributed by atoms with E-state index in [-0.39, 0.29) is 10.1 Å². The molecule has 1 aromatic heterocycles. The van der Waals surface area contributed by atoms with Gasteiger partial charge in [0.25, 0.3) is 15.0 Å². The minimum atomic E-state index is -3.75. The highest BCUT2D eigenvalue weighted by atomic mass is 35.7. The average Bonchev–Trinajstić information content (AvgIpc) is 2.86. The quantitative estimate of drug-likeness (QED) is 0.540. The zero-order chi connectivity index (χ0) is 15.9. The molecule has 120 valence electrons. The molecule has 0 spiro atoms. The Balaban J connectivity index is 2.24. The molecule has 0 aliphatic heterocycles. The third-order valence-corrected chi connectivity index (χ3v) is 6.11. The van der Waals surface area contributed by atoms with Crippen LogP contribution < -0.4 is 5.32 Å².